The molecule has 1 aliphatic rings. The Kier molecular flexibility index (Phi) is 8.52. The molecule has 8 nitrogen and oxygen atoms in total. The fourth-order valence-electron chi connectivity index (χ4n) is 3.46. The van der Waals surface area contributed by atoms with Gasteiger partial charge in [0, 0.05) is 24.5 Å². The minimum atomic E-state index is -0.631. The van der Waals surface area contributed by atoms with Crippen molar-refractivity contribution in [3.8, 4) is 6.07 Å². The second kappa shape index (κ2) is 11.2. The summed E-state index contributed by atoms with van der Waals surface area (Å²) in [6.45, 7) is 9.89. The van der Waals surface area contributed by atoms with Crippen LogP contribution in [0, 0.1) is 18.3 Å². The van der Waals surface area contributed by atoms with E-state index in [1.807, 2.05) is 24.0 Å². The summed E-state index contributed by atoms with van der Waals surface area (Å²) in [5.74, 6) is -0.476. The number of thiazole rings is 1. The van der Waals surface area contributed by atoms with E-state index in [1.54, 1.807) is 26.8 Å². The molecule has 0 aliphatic carbocycles. The van der Waals surface area contributed by atoms with Crippen LogP contribution in [0.2, 0.25) is 5.02 Å². The number of nitriles is 1. The number of amides is 1. The van der Waals surface area contributed by atoms with Gasteiger partial charge in [-0.05, 0) is 44.9 Å². The third-order valence-corrected chi connectivity index (χ3v) is 6.63. The van der Waals surface area contributed by atoms with Crippen molar-refractivity contribution in [2.24, 2.45) is 0 Å². The van der Waals surface area contributed by atoms with Crippen LogP contribution < -0.4 is 9.80 Å². The molecular formula is C24H29ClN4O4S. The zero-order valence-electron chi connectivity index (χ0n) is 19.9. The maximum absolute atomic E-state index is 13.4. The Balaban J connectivity index is 1.90. The van der Waals surface area contributed by atoms with Gasteiger partial charge in [-0.1, -0.05) is 35.1 Å². The lowest BCUT2D eigenvalue weighted by molar-refractivity contribution is -0.155. The molecule has 1 saturated heterocycles. The quantitative estimate of drug-likeness (QED) is 0.513. The van der Waals surface area contributed by atoms with Crippen LogP contribution in [-0.4, -0.2) is 48.8 Å². The van der Waals surface area contributed by atoms with E-state index in [0.717, 1.165) is 11.1 Å². The van der Waals surface area contributed by atoms with Crippen molar-refractivity contribution >= 4 is 45.8 Å². The van der Waals surface area contributed by atoms with Crippen molar-refractivity contribution in [3.05, 3.63) is 39.2 Å². The van der Waals surface area contributed by atoms with Gasteiger partial charge in [0.25, 0.3) is 0 Å². The molecule has 182 valence electrons. The number of ether oxygens (including phenoxy) is 2. The molecule has 2 heterocycles. The first-order valence-corrected chi connectivity index (χ1v) is 12.3. The number of halogens is 1. The average molecular weight is 505 g/mol. The van der Waals surface area contributed by atoms with Crippen molar-refractivity contribution < 1.29 is 19.1 Å². The molecule has 1 aromatic heterocycles. The van der Waals surface area contributed by atoms with Crippen molar-refractivity contribution in [1.29, 1.82) is 5.26 Å². The van der Waals surface area contributed by atoms with Gasteiger partial charge in [-0.2, -0.15) is 5.26 Å². The van der Waals surface area contributed by atoms with E-state index in [-0.39, 0.29) is 25.3 Å². The van der Waals surface area contributed by atoms with Crippen LogP contribution in [0.1, 0.15) is 49.6 Å². The number of morpholine rings is 1. The number of hydrogen-bond acceptors (Lipinski definition) is 8. The molecule has 0 bridgehead atoms. The fourth-order valence-corrected chi connectivity index (χ4v) is 4.57. The predicted octanol–water partition coefficient (Wildman–Crippen LogP) is 4.47. The van der Waals surface area contributed by atoms with Gasteiger partial charge in [0.2, 0.25) is 5.91 Å². The van der Waals surface area contributed by atoms with E-state index in [1.165, 1.54) is 16.2 Å². The summed E-state index contributed by atoms with van der Waals surface area (Å²) < 4.78 is 10.8. The van der Waals surface area contributed by atoms with Gasteiger partial charge in [-0.3, -0.25) is 14.5 Å². The highest BCUT2D eigenvalue weighted by Crippen LogP contribution is 2.34. The Hall–Kier alpha value is -2.67. The van der Waals surface area contributed by atoms with Gasteiger partial charge >= 0.3 is 5.97 Å². The maximum Gasteiger partial charge on any atom is 0.306 e. The normalized spacial score (nSPS) is 13.9. The predicted molar refractivity (Wildman–Crippen MR) is 132 cm³/mol. The first-order valence-electron chi connectivity index (χ1n) is 11.1. The number of carbonyl (C=O) groups excluding carboxylic acids is 2. The number of nitrogens with zero attached hydrogens (tertiary/aromatic N) is 4. The summed E-state index contributed by atoms with van der Waals surface area (Å²) >= 11 is 7.55. The lowest BCUT2D eigenvalue weighted by Gasteiger charge is -2.26. The van der Waals surface area contributed by atoms with Crippen molar-refractivity contribution in [3.63, 3.8) is 0 Å². The van der Waals surface area contributed by atoms with Crippen LogP contribution in [0.3, 0.4) is 0 Å². The van der Waals surface area contributed by atoms with Gasteiger partial charge in [-0.25, -0.2) is 4.98 Å². The van der Waals surface area contributed by atoms with E-state index in [9.17, 15) is 14.9 Å². The molecule has 0 N–H and O–H groups in total. The average Bonchev–Trinajstić information content (AvgIpc) is 3.22. The molecule has 3 rings (SSSR count). The van der Waals surface area contributed by atoms with Crippen LogP contribution in [0.4, 0.5) is 10.9 Å². The second-order valence-electron chi connectivity index (χ2n) is 8.95. The minimum absolute atomic E-state index is 0.0657. The van der Waals surface area contributed by atoms with Gasteiger partial charge in [0.15, 0.2) is 15.8 Å². The van der Waals surface area contributed by atoms with E-state index >= 15 is 0 Å². The summed E-state index contributed by atoms with van der Waals surface area (Å²) in [4.78, 5) is 34.1. The van der Waals surface area contributed by atoms with E-state index < -0.39 is 11.6 Å². The van der Waals surface area contributed by atoms with Gasteiger partial charge < -0.3 is 14.4 Å². The highest BCUT2D eigenvalue weighted by molar-refractivity contribution is 7.16. The largest absolute Gasteiger partial charge is 0.460 e. The number of aromatic nitrogens is 1. The molecule has 0 saturated carbocycles. The summed E-state index contributed by atoms with van der Waals surface area (Å²) in [5, 5.41) is 11.1. The number of esters is 1. The Morgan fingerprint density at radius 3 is 2.65 bits per heavy atom. The van der Waals surface area contributed by atoms with Crippen LogP contribution in [-0.2, 0) is 25.6 Å². The summed E-state index contributed by atoms with van der Waals surface area (Å²) in [6, 6.07) is 7.68. The number of carbonyl (C=O) groups is 2. The third kappa shape index (κ3) is 6.69. The lowest BCUT2D eigenvalue weighted by Crippen LogP contribution is -2.36. The molecule has 0 spiro atoms. The van der Waals surface area contributed by atoms with Crippen molar-refractivity contribution in [2.45, 2.75) is 52.7 Å². The first-order chi connectivity index (χ1) is 16.1. The number of hydrogen-bond donors (Lipinski definition) is 0. The zero-order chi connectivity index (χ0) is 24.9. The molecule has 1 aliphatic heterocycles. The maximum atomic E-state index is 13.4. The standard InChI is InChI=1S/C24H29ClN4O4S/c1-16-17(6-5-7-18(16)25)15-29(20(30)8-9-21(31)33-24(2,3)4)22-19(14-26)34-23(27-22)28-10-12-32-13-11-28/h5-7H,8-13,15H2,1-4H3. The molecule has 1 fully saturated rings. The lowest BCUT2D eigenvalue weighted by atomic mass is 10.1. The summed E-state index contributed by atoms with van der Waals surface area (Å²) in [6.07, 6.45) is -0.132. The Morgan fingerprint density at radius 2 is 2.00 bits per heavy atom. The molecule has 34 heavy (non-hydrogen) atoms. The van der Waals surface area contributed by atoms with Gasteiger partial charge in [-0.15, -0.1) is 0 Å². The first kappa shape index (κ1) is 25.9. The van der Waals surface area contributed by atoms with Crippen molar-refractivity contribution in [2.75, 3.05) is 36.1 Å². The Morgan fingerprint density at radius 1 is 1.29 bits per heavy atom. The van der Waals surface area contributed by atoms with E-state index in [4.69, 9.17) is 21.1 Å². The topological polar surface area (TPSA) is 95.8 Å². The summed E-state index contributed by atoms with van der Waals surface area (Å²) in [5.41, 5.74) is 1.05. The van der Waals surface area contributed by atoms with E-state index in [2.05, 4.69) is 11.1 Å². The van der Waals surface area contributed by atoms with E-state index in [0.29, 0.717) is 47.2 Å². The Bertz CT molecular complexity index is 1080. The van der Waals surface area contributed by atoms with Crippen LogP contribution in [0.25, 0.3) is 0 Å². The second-order valence-corrected chi connectivity index (χ2v) is 10.3. The highest BCUT2D eigenvalue weighted by Gasteiger charge is 2.27. The zero-order valence-corrected chi connectivity index (χ0v) is 21.5. The Labute approximate surface area is 209 Å². The monoisotopic (exact) mass is 504 g/mol. The molecule has 1 amide bonds. The van der Waals surface area contributed by atoms with Gasteiger partial charge in [0.1, 0.15) is 11.7 Å². The summed E-state index contributed by atoms with van der Waals surface area (Å²) in [7, 11) is 0. The molecule has 0 unspecified atom stereocenters. The van der Waals surface area contributed by atoms with Crippen LogP contribution in [0.15, 0.2) is 18.2 Å². The number of rotatable bonds is 7. The SMILES string of the molecule is Cc1c(Cl)cccc1CN(C(=O)CCC(=O)OC(C)(C)C)c1nc(N2CCOCC2)sc1C#N. The number of benzene rings is 1. The van der Waals surface area contributed by atoms with Crippen LogP contribution >= 0.6 is 22.9 Å². The highest BCUT2D eigenvalue weighted by atomic mass is 35.5. The van der Waals surface area contributed by atoms with Gasteiger partial charge in [0.05, 0.1) is 26.2 Å². The molecular weight excluding hydrogens is 476 g/mol. The fraction of sp³-hybridized carbons (Fsp3) is 0.500. The molecule has 2 aromatic rings. The van der Waals surface area contributed by atoms with Crippen molar-refractivity contribution in [1.82, 2.24) is 4.98 Å². The minimum Gasteiger partial charge on any atom is -0.460 e. The smallest absolute Gasteiger partial charge is 0.306 e. The van der Waals surface area contributed by atoms with Crippen LogP contribution in [0.5, 0.6) is 0 Å². The third-order valence-electron chi connectivity index (χ3n) is 5.21. The number of anilines is 2. The molecule has 10 heteroatoms. The molecule has 1 aromatic carbocycles. The molecule has 0 radical (unpaired) electrons. The molecule has 0 atom stereocenters.